The second-order valence-electron chi connectivity index (χ2n) is 3.87. The molecular weight excluding hydrogens is 262 g/mol. The molecule has 0 saturated carbocycles. The minimum absolute atomic E-state index is 0.133. The standard InChI is InChI=1S/C13H13N3O2S/c1-9-5-12(19-11(9)3-2-4-17)13(18)14-6-10-7-15-16-8-10/h5,7-8,17H,4,6H2,1H3,(H,14,18)(H,15,16). The van der Waals surface area contributed by atoms with Crippen molar-refractivity contribution in [3.8, 4) is 11.8 Å². The van der Waals surface area contributed by atoms with Gasteiger partial charge < -0.3 is 10.4 Å². The van der Waals surface area contributed by atoms with Gasteiger partial charge in [-0.3, -0.25) is 9.89 Å². The fourth-order valence-corrected chi connectivity index (χ4v) is 2.45. The Morgan fingerprint density at radius 2 is 2.47 bits per heavy atom. The molecule has 2 rings (SSSR count). The molecule has 3 N–H and O–H groups in total. The molecule has 0 unspecified atom stereocenters. The van der Waals surface area contributed by atoms with Crippen molar-refractivity contribution in [2.75, 3.05) is 6.61 Å². The zero-order valence-corrected chi connectivity index (χ0v) is 11.2. The first-order chi connectivity index (χ1) is 9.20. The lowest BCUT2D eigenvalue weighted by molar-refractivity contribution is 0.0955. The quantitative estimate of drug-likeness (QED) is 0.733. The highest BCUT2D eigenvalue weighted by Crippen LogP contribution is 2.20. The third kappa shape index (κ3) is 3.44. The monoisotopic (exact) mass is 275 g/mol. The summed E-state index contributed by atoms with van der Waals surface area (Å²) in [7, 11) is 0. The largest absolute Gasteiger partial charge is 0.384 e. The highest BCUT2D eigenvalue weighted by molar-refractivity contribution is 7.14. The Morgan fingerprint density at radius 1 is 1.63 bits per heavy atom. The van der Waals surface area contributed by atoms with Crippen LogP contribution in [0.15, 0.2) is 18.5 Å². The van der Waals surface area contributed by atoms with Gasteiger partial charge in [-0.2, -0.15) is 5.10 Å². The van der Waals surface area contributed by atoms with E-state index in [1.54, 1.807) is 18.5 Å². The van der Waals surface area contributed by atoms with Crippen molar-refractivity contribution in [3.05, 3.63) is 39.3 Å². The Balaban J connectivity index is 2.03. The van der Waals surface area contributed by atoms with Crippen molar-refractivity contribution in [3.63, 3.8) is 0 Å². The second kappa shape index (κ2) is 6.18. The number of amides is 1. The maximum Gasteiger partial charge on any atom is 0.261 e. The van der Waals surface area contributed by atoms with E-state index in [2.05, 4.69) is 27.4 Å². The lowest BCUT2D eigenvalue weighted by Gasteiger charge is -2.00. The normalized spacial score (nSPS) is 9.79. The molecule has 0 aromatic carbocycles. The van der Waals surface area contributed by atoms with Crippen LogP contribution in [-0.2, 0) is 6.54 Å². The molecular formula is C13H13N3O2S. The summed E-state index contributed by atoms with van der Waals surface area (Å²) in [5, 5.41) is 18.0. The van der Waals surface area contributed by atoms with E-state index in [-0.39, 0.29) is 12.5 Å². The molecule has 0 aliphatic heterocycles. The van der Waals surface area contributed by atoms with E-state index in [0.717, 1.165) is 16.0 Å². The van der Waals surface area contributed by atoms with Crippen LogP contribution in [0.4, 0.5) is 0 Å². The van der Waals surface area contributed by atoms with Crippen LogP contribution >= 0.6 is 11.3 Å². The number of nitrogens with zero attached hydrogens (tertiary/aromatic N) is 1. The van der Waals surface area contributed by atoms with Crippen molar-refractivity contribution in [2.45, 2.75) is 13.5 Å². The number of nitrogens with one attached hydrogen (secondary N) is 2. The average molecular weight is 275 g/mol. The SMILES string of the molecule is Cc1cc(C(=O)NCc2cn[nH]c2)sc1C#CCO. The Hall–Kier alpha value is -2.10. The number of carbonyl (C=O) groups is 1. The van der Waals surface area contributed by atoms with Crippen LogP contribution in [0.3, 0.4) is 0 Å². The summed E-state index contributed by atoms with van der Waals surface area (Å²) in [6.45, 7) is 2.15. The molecule has 0 aliphatic rings. The molecule has 2 aromatic heterocycles. The molecule has 0 radical (unpaired) electrons. The Kier molecular flexibility index (Phi) is 4.34. The van der Waals surface area contributed by atoms with Gasteiger partial charge in [-0.1, -0.05) is 11.8 Å². The molecule has 98 valence electrons. The van der Waals surface area contributed by atoms with Gasteiger partial charge in [0.05, 0.1) is 16.0 Å². The van der Waals surface area contributed by atoms with Crippen molar-refractivity contribution < 1.29 is 9.90 Å². The zero-order chi connectivity index (χ0) is 13.7. The molecule has 1 amide bonds. The second-order valence-corrected chi connectivity index (χ2v) is 4.92. The summed E-state index contributed by atoms with van der Waals surface area (Å²) in [6.07, 6.45) is 3.40. The van der Waals surface area contributed by atoms with Gasteiger partial charge in [-0.25, -0.2) is 0 Å². The zero-order valence-electron chi connectivity index (χ0n) is 10.4. The number of H-pyrrole nitrogens is 1. The van der Waals surface area contributed by atoms with Gasteiger partial charge in [0, 0.05) is 18.3 Å². The van der Waals surface area contributed by atoms with Gasteiger partial charge in [0.2, 0.25) is 0 Å². The van der Waals surface area contributed by atoms with Crippen LogP contribution in [0.1, 0.15) is 25.7 Å². The molecule has 2 heterocycles. The predicted molar refractivity (Wildman–Crippen MR) is 72.8 cm³/mol. The number of hydrogen-bond donors (Lipinski definition) is 3. The van der Waals surface area contributed by atoms with Crippen molar-refractivity contribution in [1.29, 1.82) is 0 Å². The third-order valence-electron chi connectivity index (χ3n) is 2.43. The van der Waals surface area contributed by atoms with Gasteiger partial charge >= 0.3 is 0 Å². The number of aromatic amines is 1. The van der Waals surface area contributed by atoms with E-state index in [1.165, 1.54) is 11.3 Å². The highest BCUT2D eigenvalue weighted by Gasteiger charge is 2.11. The number of aliphatic hydroxyl groups is 1. The van der Waals surface area contributed by atoms with Crippen molar-refractivity contribution >= 4 is 17.2 Å². The number of aromatic nitrogens is 2. The molecule has 0 aliphatic carbocycles. The molecule has 19 heavy (non-hydrogen) atoms. The van der Waals surface area contributed by atoms with Gasteiger partial charge in [0.25, 0.3) is 5.91 Å². The minimum atomic E-state index is -0.181. The number of hydrogen-bond acceptors (Lipinski definition) is 4. The van der Waals surface area contributed by atoms with Crippen LogP contribution in [-0.4, -0.2) is 27.8 Å². The van der Waals surface area contributed by atoms with E-state index >= 15 is 0 Å². The Bertz CT molecular complexity index is 620. The fourth-order valence-electron chi connectivity index (χ4n) is 1.48. The highest BCUT2D eigenvalue weighted by atomic mass is 32.1. The van der Waals surface area contributed by atoms with Crippen LogP contribution in [0.25, 0.3) is 0 Å². The van der Waals surface area contributed by atoms with Gasteiger partial charge in [0.15, 0.2) is 0 Å². The maximum absolute atomic E-state index is 12.0. The molecule has 5 nitrogen and oxygen atoms in total. The summed E-state index contributed by atoms with van der Waals surface area (Å²) in [4.78, 5) is 13.4. The Labute approximate surface area is 114 Å². The fraction of sp³-hybridized carbons (Fsp3) is 0.231. The number of thiophene rings is 1. The maximum atomic E-state index is 12.0. The smallest absolute Gasteiger partial charge is 0.261 e. The molecule has 0 fully saturated rings. The summed E-state index contributed by atoms with van der Waals surface area (Å²) >= 11 is 1.32. The predicted octanol–water partition coefficient (Wildman–Crippen LogP) is 1.05. The minimum Gasteiger partial charge on any atom is -0.384 e. The van der Waals surface area contributed by atoms with E-state index in [4.69, 9.17) is 5.11 Å². The summed E-state index contributed by atoms with van der Waals surface area (Å²) in [5.74, 6) is 5.28. The average Bonchev–Trinajstić information content (AvgIpc) is 3.03. The number of carbonyl (C=O) groups excluding carboxylic acids is 1. The lowest BCUT2D eigenvalue weighted by Crippen LogP contribution is -2.21. The number of aryl methyl sites for hydroxylation is 1. The van der Waals surface area contributed by atoms with E-state index in [1.807, 2.05) is 6.92 Å². The first-order valence-electron chi connectivity index (χ1n) is 5.66. The van der Waals surface area contributed by atoms with E-state index < -0.39 is 0 Å². The molecule has 0 atom stereocenters. The summed E-state index contributed by atoms with van der Waals surface area (Å²) in [5.41, 5.74) is 1.86. The lowest BCUT2D eigenvalue weighted by atomic mass is 10.2. The molecule has 0 spiro atoms. The Morgan fingerprint density at radius 3 is 3.16 bits per heavy atom. The van der Waals surface area contributed by atoms with Crippen LogP contribution in [0.5, 0.6) is 0 Å². The van der Waals surface area contributed by atoms with Crippen LogP contribution in [0, 0.1) is 18.8 Å². The number of rotatable bonds is 3. The van der Waals surface area contributed by atoms with E-state index in [9.17, 15) is 4.79 Å². The molecule has 6 heteroatoms. The number of aliphatic hydroxyl groups excluding tert-OH is 1. The van der Waals surface area contributed by atoms with Crippen LogP contribution < -0.4 is 5.32 Å². The van der Waals surface area contributed by atoms with Crippen molar-refractivity contribution in [1.82, 2.24) is 15.5 Å². The first kappa shape index (κ1) is 13.3. The molecule has 2 aromatic rings. The van der Waals surface area contributed by atoms with Crippen LogP contribution in [0.2, 0.25) is 0 Å². The first-order valence-corrected chi connectivity index (χ1v) is 6.48. The summed E-state index contributed by atoms with van der Waals surface area (Å²) in [6, 6.07) is 1.80. The molecule has 0 saturated heterocycles. The molecule has 0 bridgehead atoms. The topological polar surface area (TPSA) is 78.0 Å². The van der Waals surface area contributed by atoms with Gasteiger partial charge in [0.1, 0.15) is 6.61 Å². The van der Waals surface area contributed by atoms with Gasteiger partial charge in [-0.15, -0.1) is 11.3 Å². The van der Waals surface area contributed by atoms with E-state index in [0.29, 0.717) is 11.4 Å². The van der Waals surface area contributed by atoms with Gasteiger partial charge in [-0.05, 0) is 18.6 Å². The van der Waals surface area contributed by atoms with Crippen molar-refractivity contribution in [2.24, 2.45) is 0 Å². The third-order valence-corrected chi connectivity index (χ3v) is 3.58. The summed E-state index contributed by atoms with van der Waals surface area (Å²) < 4.78 is 0.